The number of halogens is 1. The van der Waals surface area contributed by atoms with Crippen molar-refractivity contribution < 1.29 is 14.0 Å². The van der Waals surface area contributed by atoms with Crippen molar-refractivity contribution in [1.82, 2.24) is 10.2 Å². The fourth-order valence-corrected chi connectivity index (χ4v) is 2.93. The maximum absolute atomic E-state index is 13.2. The molecule has 0 bridgehead atoms. The van der Waals surface area contributed by atoms with E-state index in [-0.39, 0.29) is 30.1 Å². The molecule has 0 aliphatic heterocycles. The minimum Gasteiger partial charge on any atom is -0.355 e. The molecule has 0 aliphatic rings. The highest BCUT2D eigenvalue weighted by atomic mass is 19.1. The molecule has 2 aromatic rings. The van der Waals surface area contributed by atoms with Gasteiger partial charge in [0.25, 0.3) is 0 Å². The van der Waals surface area contributed by atoms with Crippen molar-refractivity contribution in [1.29, 1.82) is 0 Å². The molecular formula is C22H27FN2O2. The average Bonchev–Trinajstić information content (AvgIpc) is 2.66. The number of hydrogen-bond acceptors (Lipinski definition) is 2. The van der Waals surface area contributed by atoms with Gasteiger partial charge in [-0.1, -0.05) is 56.3 Å². The van der Waals surface area contributed by atoms with Crippen LogP contribution in [-0.2, 0) is 22.6 Å². The molecule has 0 saturated carbocycles. The molecule has 0 unspecified atom stereocenters. The second-order valence-electron chi connectivity index (χ2n) is 6.85. The number of nitrogens with one attached hydrogen (secondary N) is 1. The Bertz CT molecular complexity index is 745. The normalized spacial score (nSPS) is 11.9. The van der Waals surface area contributed by atoms with Crippen LogP contribution in [0.15, 0.2) is 54.6 Å². The predicted octanol–water partition coefficient (Wildman–Crippen LogP) is 3.56. The van der Waals surface area contributed by atoms with Crippen LogP contribution < -0.4 is 5.32 Å². The van der Waals surface area contributed by atoms with E-state index in [1.165, 1.54) is 12.1 Å². The van der Waals surface area contributed by atoms with Crippen molar-refractivity contribution in [2.24, 2.45) is 5.92 Å². The molecule has 2 amide bonds. The van der Waals surface area contributed by atoms with Gasteiger partial charge in [0.15, 0.2) is 0 Å². The number of nitrogens with zero attached hydrogens (tertiary/aromatic N) is 1. The molecule has 0 heterocycles. The number of carbonyl (C=O) groups is 2. The van der Waals surface area contributed by atoms with Gasteiger partial charge in [-0.2, -0.15) is 0 Å². The van der Waals surface area contributed by atoms with Crippen LogP contribution in [-0.4, -0.2) is 29.3 Å². The molecule has 0 aliphatic carbocycles. The summed E-state index contributed by atoms with van der Waals surface area (Å²) in [6.07, 6.45) is 0.423. The monoisotopic (exact) mass is 370 g/mol. The van der Waals surface area contributed by atoms with Gasteiger partial charge in [0, 0.05) is 25.4 Å². The van der Waals surface area contributed by atoms with E-state index in [1.54, 1.807) is 17.0 Å². The Morgan fingerprint density at radius 3 is 2.19 bits per heavy atom. The van der Waals surface area contributed by atoms with E-state index in [9.17, 15) is 14.0 Å². The molecule has 4 nitrogen and oxygen atoms in total. The third-order valence-corrected chi connectivity index (χ3v) is 4.34. The van der Waals surface area contributed by atoms with Gasteiger partial charge >= 0.3 is 0 Å². The Balaban J connectivity index is 2.36. The molecule has 0 aromatic heterocycles. The lowest BCUT2D eigenvalue weighted by Gasteiger charge is -2.32. The van der Waals surface area contributed by atoms with Gasteiger partial charge in [0.1, 0.15) is 11.9 Å². The molecule has 1 atom stereocenters. The number of carbonyl (C=O) groups excluding carboxylic acids is 2. The molecule has 0 fully saturated rings. The molecule has 0 radical (unpaired) electrons. The summed E-state index contributed by atoms with van der Waals surface area (Å²) < 4.78 is 13.2. The molecule has 144 valence electrons. The average molecular weight is 370 g/mol. The minimum atomic E-state index is -0.632. The first-order valence-corrected chi connectivity index (χ1v) is 9.29. The van der Waals surface area contributed by atoms with Crippen molar-refractivity contribution >= 4 is 11.8 Å². The quantitative estimate of drug-likeness (QED) is 0.772. The van der Waals surface area contributed by atoms with Gasteiger partial charge < -0.3 is 10.2 Å². The maximum atomic E-state index is 13.2. The van der Waals surface area contributed by atoms with Crippen LogP contribution in [0.4, 0.5) is 4.39 Å². The van der Waals surface area contributed by atoms with Crippen molar-refractivity contribution in [2.45, 2.75) is 39.8 Å². The maximum Gasteiger partial charge on any atom is 0.243 e. The van der Waals surface area contributed by atoms with Gasteiger partial charge in [0.2, 0.25) is 11.8 Å². The van der Waals surface area contributed by atoms with Crippen LogP contribution in [0.5, 0.6) is 0 Å². The lowest BCUT2D eigenvalue weighted by molar-refractivity contribution is -0.143. The first kappa shape index (κ1) is 20.6. The van der Waals surface area contributed by atoms with Gasteiger partial charge in [0.05, 0.1) is 0 Å². The lowest BCUT2D eigenvalue weighted by atomic mass is 10.0. The predicted molar refractivity (Wildman–Crippen MR) is 104 cm³/mol. The van der Waals surface area contributed by atoms with E-state index in [4.69, 9.17) is 0 Å². The second kappa shape index (κ2) is 9.86. The fraction of sp³-hybridized carbons (Fsp3) is 0.364. The van der Waals surface area contributed by atoms with Crippen LogP contribution in [0.2, 0.25) is 0 Å². The minimum absolute atomic E-state index is 0.105. The van der Waals surface area contributed by atoms with E-state index in [2.05, 4.69) is 5.32 Å². The van der Waals surface area contributed by atoms with Gasteiger partial charge in [-0.3, -0.25) is 9.59 Å². The third kappa shape index (κ3) is 5.91. The van der Waals surface area contributed by atoms with Crippen molar-refractivity contribution in [2.75, 3.05) is 6.54 Å². The van der Waals surface area contributed by atoms with E-state index in [0.717, 1.165) is 11.1 Å². The SMILES string of the molecule is CCNC(=O)[C@H](Cc1ccccc1)N(Cc1ccc(F)cc1)C(=O)C(C)C. The molecule has 2 aromatic carbocycles. The topological polar surface area (TPSA) is 49.4 Å². The Kier molecular flexibility index (Phi) is 7.53. The van der Waals surface area contributed by atoms with Crippen LogP contribution in [0, 0.1) is 11.7 Å². The number of benzene rings is 2. The Hall–Kier alpha value is -2.69. The molecular weight excluding hydrogens is 343 g/mol. The highest BCUT2D eigenvalue weighted by Gasteiger charge is 2.31. The van der Waals surface area contributed by atoms with Crippen LogP contribution in [0.3, 0.4) is 0 Å². The Morgan fingerprint density at radius 2 is 1.63 bits per heavy atom. The Labute approximate surface area is 160 Å². The summed E-state index contributed by atoms with van der Waals surface area (Å²) in [5, 5.41) is 2.84. The summed E-state index contributed by atoms with van der Waals surface area (Å²) in [5.41, 5.74) is 1.77. The van der Waals surface area contributed by atoms with Crippen LogP contribution in [0.1, 0.15) is 31.9 Å². The molecule has 0 saturated heterocycles. The molecule has 27 heavy (non-hydrogen) atoms. The number of rotatable bonds is 8. The van der Waals surface area contributed by atoms with Crippen molar-refractivity contribution in [3.8, 4) is 0 Å². The smallest absolute Gasteiger partial charge is 0.243 e. The highest BCUT2D eigenvalue weighted by Crippen LogP contribution is 2.17. The zero-order valence-corrected chi connectivity index (χ0v) is 16.1. The number of likely N-dealkylation sites (N-methyl/N-ethyl adjacent to an activating group) is 1. The van der Waals surface area contributed by atoms with Gasteiger partial charge in [-0.15, -0.1) is 0 Å². The Morgan fingerprint density at radius 1 is 1.00 bits per heavy atom. The van der Waals surface area contributed by atoms with E-state index in [1.807, 2.05) is 51.1 Å². The summed E-state index contributed by atoms with van der Waals surface area (Å²) >= 11 is 0. The first-order valence-electron chi connectivity index (χ1n) is 9.29. The zero-order chi connectivity index (χ0) is 19.8. The van der Waals surface area contributed by atoms with Crippen molar-refractivity contribution in [3.05, 3.63) is 71.5 Å². The van der Waals surface area contributed by atoms with E-state index < -0.39 is 6.04 Å². The summed E-state index contributed by atoms with van der Waals surface area (Å²) in [7, 11) is 0. The fourth-order valence-electron chi connectivity index (χ4n) is 2.93. The summed E-state index contributed by atoms with van der Waals surface area (Å²) in [6.45, 7) is 6.23. The molecule has 5 heteroatoms. The summed E-state index contributed by atoms with van der Waals surface area (Å²) in [4.78, 5) is 27.3. The van der Waals surface area contributed by atoms with Crippen LogP contribution >= 0.6 is 0 Å². The van der Waals surface area contributed by atoms with E-state index in [0.29, 0.717) is 13.0 Å². The first-order chi connectivity index (χ1) is 12.9. The van der Waals surface area contributed by atoms with Crippen molar-refractivity contribution in [3.63, 3.8) is 0 Å². The second-order valence-corrected chi connectivity index (χ2v) is 6.85. The zero-order valence-electron chi connectivity index (χ0n) is 16.1. The van der Waals surface area contributed by atoms with Crippen LogP contribution in [0.25, 0.3) is 0 Å². The number of hydrogen-bond donors (Lipinski definition) is 1. The lowest BCUT2D eigenvalue weighted by Crippen LogP contribution is -2.51. The number of amides is 2. The summed E-state index contributed by atoms with van der Waals surface area (Å²) in [5.74, 6) is -0.868. The highest BCUT2D eigenvalue weighted by molar-refractivity contribution is 5.88. The molecule has 1 N–H and O–H groups in total. The van der Waals surface area contributed by atoms with Gasteiger partial charge in [-0.05, 0) is 30.2 Å². The standard InChI is InChI=1S/C22H27FN2O2/c1-4-24-21(26)20(14-17-8-6-5-7-9-17)25(22(27)16(2)3)15-18-10-12-19(23)13-11-18/h5-13,16,20H,4,14-15H2,1-3H3,(H,24,26)/t20-/m0/s1. The van der Waals surface area contributed by atoms with E-state index >= 15 is 0 Å². The summed E-state index contributed by atoms with van der Waals surface area (Å²) in [6, 6.07) is 15.0. The largest absolute Gasteiger partial charge is 0.355 e. The molecule has 2 rings (SSSR count). The van der Waals surface area contributed by atoms with Gasteiger partial charge in [-0.25, -0.2) is 4.39 Å². The molecule has 0 spiro atoms. The third-order valence-electron chi connectivity index (χ3n) is 4.34.